The third kappa shape index (κ3) is 6.66. The van der Waals surface area contributed by atoms with Gasteiger partial charge in [-0.05, 0) is 34.5 Å². The minimum Gasteiger partial charge on any atom is -0.368 e. The minimum atomic E-state index is -4.16. The normalized spacial score (nSPS) is 18.3. The molecule has 24 heavy (non-hydrogen) atoms. The molecular formula is C15H21BrF3IN4. The molecule has 9 heteroatoms. The lowest BCUT2D eigenvalue weighted by molar-refractivity contribution is -0.132. The van der Waals surface area contributed by atoms with E-state index in [0.717, 1.165) is 29.7 Å². The van der Waals surface area contributed by atoms with Crippen molar-refractivity contribution in [3.05, 3.63) is 28.7 Å². The van der Waals surface area contributed by atoms with Crippen molar-refractivity contribution < 1.29 is 13.2 Å². The Morgan fingerprint density at radius 3 is 2.71 bits per heavy atom. The number of guanidine groups is 1. The van der Waals surface area contributed by atoms with Gasteiger partial charge in [0.1, 0.15) is 0 Å². The number of nitrogens with zero attached hydrogens (tertiary/aromatic N) is 2. The molecule has 0 saturated carbocycles. The van der Waals surface area contributed by atoms with E-state index in [1.54, 1.807) is 7.05 Å². The Morgan fingerprint density at radius 1 is 1.38 bits per heavy atom. The van der Waals surface area contributed by atoms with Gasteiger partial charge in [-0.3, -0.25) is 4.99 Å². The largest absolute Gasteiger partial charge is 0.390 e. The Bertz CT molecular complexity index is 554. The van der Waals surface area contributed by atoms with E-state index in [1.807, 2.05) is 24.3 Å². The first-order valence-electron chi connectivity index (χ1n) is 7.42. The van der Waals surface area contributed by atoms with E-state index in [-0.39, 0.29) is 36.6 Å². The zero-order valence-electron chi connectivity index (χ0n) is 13.2. The lowest BCUT2D eigenvalue weighted by atomic mass is 10.2. The predicted octanol–water partition coefficient (Wildman–Crippen LogP) is 3.76. The van der Waals surface area contributed by atoms with Crippen molar-refractivity contribution in [2.45, 2.75) is 25.1 Å². The monoisotopic (exact) mass is 520 g/mol. The summed E-state index contributed by atoms with van der Waals surface area (Å²) in [6.07, 6.45) is -4.13. The molecule has 136 valence electrons. The van der Waals surface area contributed by atoms with Crippen LogP contribution in [0.2, 0.25) is 0 Å². The van der Waals surface area contributed by atoms with Crippen molar-refractivity contribution in [1.29, 1.82) is 0 Å². The third-order valence-electron chi connectivity index (χ3n) is 3.65. The lowest BCUT2D eigenvalue weighted by Gasteiger charge is -2.21. The molecule has 0 aliphatic carbocycles. The van der Waals surface area contributed by atoms with Crippen LogP contribution in [0.1, 0.15) is 12.8 Å². The average Bonchev–Trinajstić information content (AvgIpc) is 2.93. The van der Waals surface area contributed by atoms with Crippen LogP contribution >= 0.6 is 39.9 Å². The van der Waals surface area contributed by atoms with E-state index < -0.39 is 12.6 Å². The molecule has 1 heterocycles. The van der Waals surface area contributed by atoms with Crippen molar-refractivity contribution >= 4 is 51.6 Å². The van der Waals surface area contributed by atoms with Crippen LogP contribution in [-0.4, -0.2) is 44.9 Å². The summed E-state index contributed by atoms with van der Waals surface area (Å²) in [5.41, 5.74) is 1.12. The second-order valence-corrected chi connectivity index (χ2v) is 6.25. The predicted molar refractivity (Wildman–Crippen MR) is 105 cm³/mol. The highest BCUT2D eigenvalue weighted by molar-refractivity contribution is 14.0. The number of hydrogen-bond acceptors (Lipinski definition) is 2. The maximum atomic E-state index is 12.2. The molecule has 1 unspecified atom stereocenters. The molecule has 0 radical (unpaired) electrons. The van der Waals surface area contributed by atoms with E-state index in [2.05, 4.69) is 36.5 Å². The van der Waals surface area contributed by atoms with Crippen LogP contribution < -0.4 is 15.5 Å². The maximum Gasteiger partial charge on any atom is 0.390 e. The number of para-hydroxylation sites is 1. The number of halogens is 5. The molecule has 0 amide bonds. The molecule has 0 bridgehead atoms. The van der Waals surface area contributed by atoms with E-state index in [4.69, 9.17) is 0 Å². The van der Waals surface area contributed by atoms with Gasteiger partial charge in [0.2, 0.25) is 0 Å². The van der Waals surface area contributed by atoms with Crippen LogP contribution in [-0.2, 0) is 0 Å². The minimum absolute atomic E-state index is 0. The first kappa shape index (κ1) is 21.3. The van der Waals surface area contributed by atoms with Gasteiger partial charge in [-0.15, -0.1) is 24.0 Å². The summed E-state index contributed by atoms with van der Waals surface area (Å²) in [7, 11) is 1.56. The smallest absolute Gasteiger partial charge is 0.368 e. The Balaban J connectivity index is 0.00000288. The van der Waals surface area contributed by atoms with Crippen LogP contribution in [0.4, 0.5) is 18.9 Å². The number of rotatable bonds is 4. The molecule has 1 aliphatic rings. The first-order valence-corrected chi connectivity index (χ1v) is 8.22. The summed E-state index contributed by atoms with van der Waals surface area (Å²) in [5.74, 6) is 0.410. The SMILES string of the molecule is CN=C(NCCC(F)(F)F)NC1CCN(c2ccccc2Br)C1.I. The molecular weight excluding hydrogens is 500 g/mol. The number of benzene rings is 1. The summed E-state index contributed by atoms with van der Waals surface area (Å²) in [5, 5.41) is 5.90. The van der Waals surface area contributed by atoms with Gasteiger partial charge in [0.25, 0.3) is 0 Å². The summed E-state index contributed by atoms with van der Waals surface area (Å²) in [6.45, 7) is 1.49. The Hall–Kier alpha value is -0.710. The standard InChI is InChI=1S/C15H20BrF3N4.HI/c1-20-14(21-8-7-15(17,18)19)22-11-6-9-23(10-11)13-5-3-2-4-12(13)16;/h2-5,11H,6-10H2,1H3,(H2,20,21,22);1H. The van der Waals surface area contributed by atoms with Crippen LogP contribution in [0.25, 0.3) is 0 Å². The fourth-order valence-electron chi connectivity index (χ4n) is 2.52. The molecule has 1 atom stereocenters. The second-order valence-electron chi connectivity index (χ2n) is 5.39. The summed E-state index contributed by atoms with van der Waals surface area (Å²) < 4.78 is 37.6. The number of aliphatic imine (C=N–C) groups is 1. The fraction of sp³-hybridized carbons (Fsp3) is 0.533. The van der Waals surface area contributed by atoms with Gasteiger partial charge in [-0.2, -0.15) is 13.2 Å². The molecule has 1 saturated heterocycles. The van der Waals surface area contributed by atoms with Gasteiger partial charge in [-0.1, -0.05) is 12.1 Å². The molecule has 1 aromatic rings. The van der Waals surface area contributed by atoms with Crippen molar-refractivity contribution in [3.8, 4) is 0 Å². The molecule has 4 nitrogen and oxygen atoms in total. The molecule has 2 rings (SSSR count). The van der Waals surface area contributed by atoms with Crippen LogP contribution in [0.5, 0.6) is 0 Å². The van der Waals surface area contributed by atoms with Gasteiger partial charge in [-0.25, -0.2) is 0 Å². The highest BCUT2D eigenvalue weighted by Gasteiger charge is 2.27. The van der Waals surface area contributed by atoms with E-state index in [0.29, 0.717) is 5.96 Å². The van der Waals surface area contributed by atoms with Crippen molar-refractivity contribution in [2.75, 3.05) is 31.6 Å². The van der Waals surface area contributed by atoms with Crippen molar-refractivity contribution in [1.82, 2.24) is 10.6 Å². The summed E-state index contributed by atoms with van der Waals surface area (Å²) >= 11 is 3.54. The van der Waals surface area contributed by atoms with Crippen molar-refractivity contribution in [3.63, 3.8) is 0 Å². The third-order valence-corrected chi connectivity index (χ3v) is 4.32. The zero-order chi connectivity index (χ0) is 16.9. The Morgan fingerprint density at radius 2 is 2.08 bits per heavy atom. The quantitative estimate of drug-likeness (QED) is 0.361. The van der Waals surface area contributed by atoms with Crippen LogP contribution in [0.3, 0.4) is 0 Å². The number of nitrogens with one attached hydrogen (secondary N) is 2. The Labute approximate surface area is 165 Å². The summed E-state index contributed by atoms with van der Waals surface area (Å²) in [4.78, 5) is 6.23. The highest BCUT2D eigenvalue weighted by atomic mass is 127. The van der Waals surface area contributed by atoms with E-state index in [1.165, 1.54) is 0 Å². The fourth-order valence-corrected chi connectivity index (χ4v) is 3.05. The van der Waals surface area contributed by atoms with Crippen molar-refractivity contribution in [2.24, 2.45) is 4.99 Å². The number of hydrogen-bond donors (Lipinski definition) is 2. The molecule has 1 aromatic carbocycles. The van der Waals surface area contributed by atoms with Gasteiger partial charge in [0, 0.05) is 37.2 Å². The van der Waals surface area contributed by atoms with E-state index >= 15 is 0 Å². The maximum absolute atomic E-state index is 12.2. The average molecular weight is 521 g/mol. The summed E-state index contributed by atoms with van der Waals surface area (Å²) in [6, 6.07) is 8.14. The highest BCUT2D eigenvalue weighted by Crippen LogP contribution is 2.28. The first-order chi connectivity index (χ1) is 10.9. The van der Waals surface area contributed by atoms with Gasteiger partial charge >= 0.3 is 6.18 Å². The molecule has 2 N–H and O–H groups in total. The molecule has 0 spiro atoms. The Kier molecular flexibility index (Phi) is 8.61. The van der Waals surface area contributed by atoms with Crippen LogP contribution in [0, 0.1) is 0 Å². The second kappa shape index (κ2) is 9.69. The number of anilines is 1. The topological polar surface area (TPSA) is 39.7 Å². The zero-order valence-corrected chi connectivity index (χ0v) is 17.2. The molecule has 1 fully saturated rings. The van der Waals surface area contributed by atoms with Gasteiger partial charge < -0.3 is 15.5 Å². The van der Waals surface area contributed by atoms with Crippen LogP contribution in [0.15, 0.2) is 33.7 Å². The number of alkyl halides is 3. The lowest BCUT2D eigenvalue weighted by Crippen LogP contribution is -2.45. The molecule has 1 aliphatic heterocycles. The molecule has 0 aromatic heterocycles. The van der Waals surface area contributed by atoms with Gasteiger partial charge in [0.05, 0.1) is 12.1 Å². The van der Waals surface area contributed by atoms with Gasteiger partial charge in [0.15, 0.2) is 5.96 Å². The van der Waals surface area contributed by atoms with E-state index in [9.17, 15) is 13.2 Å².